The third-order valence-electron chi connectivity index (χ3n) is 9.17. The number of aryl methyl sites for hydroxylation is 2. The lowest BCUT2D eigenvalue weighted by Gasteiger charge is -2.34. The molecule has 0 spiro atoms. The van der Waals surface area contributed by atoms with Crippen molar-refractivity contribution < 1.29 is 49.8 Å². The highest BCUT2D eigenvalue weighted by atomic mass is 19.4. The Morgan fingerprint density at radius 1 is 0.889 bits per heavy atom. The molecule has 6 rings (SSSR count). The van der Waals surface area contributed by atoms with Crippen molar-refractivity contribution in [2.75, 3.05) is 18.0 Å². The molecule has 2 aliphatic heterocycles. The summed E-state index contributed by atoms with van der Waals surface area (Å²) in [6.45, 7) is 10.1. The number of ether oxygens (including phenoxy) is 2. The van der Waals surface area contributed by atoms with E-state index in [9.17, 15) is 40.3 Å². The van der Waals surface area contributed by atoms with E-state index in [1.807, 2.05) is 13.0 Å². The van der Waals surface area contributed by atoms with Gasteiger partial charge in [-0.25, -0.2) is 23.9 Å². The summed E-state index contributed by atoms with van der Waals surface area (Å²) >= 11 is 0. The van der Waals surface area contributed by atoms with E-state index in [2.05, 4.69) is 15.0 Å². The van der Waals surface area contributed by atoms with Crippen LogP contribution in [0.25, 0.3) is 22.3 Å². The normalized spacial score (nSPS) is 18.1. The summed E-state index contributed by atoms with van der Waals surface area (Å²) in [6, 6.07) is 7.00. The Balaban J connectivity index is 1.37. The molecule has 286 valence electrons. The Kier molecular flexibility index (Phi) is 9.86. The smallest absolute Gasteiger partial charge is 0.416 e. The molecule has 0 unspecified atom stereocenters. The van der Waals surface area contributed by atoms with Crippen molar-refractivity contribution in [3.05, 3.63) is 94.1 Å². The number of anilines is 1. The standard InChI is InChI=1S/C38H36F7N5O4/c1-19-9-22(33(51)54-36(4,5)6)7-8-28(19)24-12-29(20(2)46-14-24)30-15-47-34(49-16-27(39)17-49)48-31(30)18-50-21(3)32(53-35(50)52)23-10-25(37(40,41)42)13-26(11-23)38(43,44)45/h7-15,21,27,32H,16-18H2,1-6H3/t21-,32-/m0/s1. The fraction of sp³-hybridized carbons (Fsp3) is 0.395. The summed E-state index contributed by atoms with van der Waals surface area (Å²) in [5.41, 5.74) is 0.101. The van der Waals surface area contributed by atoms with Gasteiger partial charge in [0.25, 0.3) is 0 Å². The first-order valence-corrected chi connectivity index (χ1v) is 16.9. The third-order valence-corrected chi connectivity index (χ3v) is 9.17. The maximum Gasteiger partial charge on any atom is 0.416 e. The summed E-state index contributed by atoms with van der Waals surface area (Å²) in [5, 5.41) is 0. The molecular formula is C38H36F7N5O4. The van der Waals surface area contributed by atoms with Crippen LogP contribution < -0.4 is 4.90 Å². The number of amides is 1. The van der Waals surface area contributed by atoms with Crippen molar-refractivity contribution in [1.29, 1.82) is 0 Å². The highest BCUT2D eigenvalue weighted by molar-refractivity contribution is 5.91. The van der Waals surface area contributed by atoms with Gasteiger partial charge in [-0.15, -0.1) is 0 Å². The molecule has 2 aromatic heterocycles. The van der Waals surface area contributed by atoms with Crippen LogP contribution in [0.2, 0.25) is 0 Å². The minimum Gasteiger partial charge on any atom is -0.456 e. The molecule has 4 heterocycles. The quantitative estimate of drug-likeness (QED) is 0.136. The number of nitrogens with zero attached hydrogens (tertiary/aromatic N) is 5. The van der Waals surface area contributed by atoms with E-state index in [4.69, 9.17) is 9.47 Å². The fourth-order valence-electron chi connectivity index (χ4n) is 6.36. The molecule has 2 aliphatic rings. The molecule has 4 aromatic rings. The molecule has 9 nitrogen and oxygen atoms in total. The van der Waals surface area contributed by atoms with Gasteiger partial charge in [-0.1, -0.05) is 6.07 Å². The van der Waals surface area contributed by atoms with Gasteiger partial charge < -0.3 is 14.4 Å². The number of hydrogen-bond donors (Lipinski definition) is 0. The number of hydrogen-bond acceptors (Lipinski definition) is 8. The molecule has 2 aromatic carbocycles. The second kappa shape index (κ2) is 13.9. The molecule has 0 N–H and O–H groups in total. The average molecular weight is 760 g/mol. The lowest BCUT2D eigenvalue weighted by atomic mass is 9.95. The van der Waals surface area contributed by atoms with Crippen LogP contribution in [0.5, 0.6) is 0 Å². The summed E-state index contributed by atoms with van der Waals surface area (Å²) in [4.78, 5) is 42.5. The number of cyclic esters (lactones) is 1. The second-order valence-corrected chi connectivity index (χ2v) is 14.4. The molecule has 16 heteroatoms. The Morgan fingerprint density at radius 3 is 2.11 bits per heavy atom. The van der Waals surface area contributed by atoms with Gasteiger partial charge in [-0.2, -0.15) is 26.3 Å². The zero-order valence-electron chi connectivity index (χ0n) is 30.1. The number of alkyl halides is 7. The Hall–Kier alpha value is -5.28. The number of rotatable bonds is 7. The van der Waals surface area contributed by atoms with Gasteiger partial charge in [0.1, 0.15) is 17.9 Å². The molecule has 54 heavy (non-hydrogen) atoms. The lowest BCUT2D eigenvalue weighted by molar-refractivity contribution is -0.143. The topological polar surface area (TPSA) is 97.8 Å². The van der Waals surface area contributed by atoms with Gasteiger partial charge in [-0.05, 0) is 94.6 Å². The number of halogens is 7. The zero-order chi connectivity index (χ0) is 39.5. The summed E-state index contributed by atoms with van der Waals surface area (Å²) in [7, 11) is 0. The van der Waals surface area contributed by atoms with E-state index in [0.29, 0.717) is 40.1 Å². The van der Waals surface area contributed by atoms with Crippen LogP contribution in [0, 0.1) is 13.8 Å². The van der Waals surface area contributed by atoms with E-state index in [1.165, 1.54) is 13.1 Å². The number of benzene rings is 2. The summed E-state index contributed by atoms with van der Waals surface area (Å²) in [5.74, 6) is -0.309. The van der Waals surface area contributed by atoms with Crippen molar-refractivity contribution in [3.63, 3.8) is 0 Å². The van der Waals surface area contributed by atoms with Gasteiger partial charge in [0.05, 0.1) is 48.1 Å². The minimum atomic E-state index is -5.09. The molecule has 0 radical (unpaired) electrons. The van der Waals surface area contributed by atoms with E-state index in [-0.39, 0.29) is 37.3 Å². The van der Waals surface area contributed by atoms with Crippen LogP contribution in [0.4, 0.5) is 41.5 Å². The Morgan fingerprint density at radius 2 is 1.54 bits per heavy atom. The van der Waals surface area contributed by atoms with Crippen LogP contribution in [-0.4, -0.2) is 62.8 Å². The summed E-state index contributed by atoms with van der Waals surface area (Å²) < 4.78 is 107. The predicted octanol–water partition coefficient (Wildman–Crippen LogP) is 9.06. The number of carbonyl (C=O) groups is 2. The van der Waals surface area contributed by atoms with E-state index >= 15 is 0 Å². The molecule has 1 amide bonds. The van der Waals surface area contributed by atoms with Crippen molar-refractivity contribution in [2.45, 2.75) is 84.4 Å². The Labute approximate surface area is 306 Å². The fourth-order valence-corrected chi connectivity index (χ4v) is 6.36. The highest BCUT2D eigenvalue weighted by Crippen LogP contribution is 2.42. The number of esters is 1. The SMILES string of the molecule is Cc1cc(C(=O)OC(C)(C)C)ccc1-c1cnc(C)c(-c2cnc(N3CC(F)C3)nc2CN2C(=O)O[C@H](c3cc(C(F)(F)F)cc(C(F)(F)F)c3)[C@@H]2C)c1. The van der Waals surface area contributed by atoms with Crippen LogP contribution in [0.1, 0.15) is 77.8 Å². The largest absolute Gasteiger partial charge is 0.456 e. The lowest BCUT2D eigenvalue weighted by Crippen LogP contribution is -2.49. The molecule has 0 aliphatic carbocycles. The Bertz CT molecular complexity index is 2080. The maximum absolute atomic E-state index is 13.8. The highest BCUT2D eigenvalue weighted by Gasteiger charge is 2.44. The van der Waals surface area contributed by atoms with Crippen LogP contribution >= 0.6 is 0 Å². The molecule has 0 saturated carbocycles. The van der Waals surface area contributed by atoms with Gasteiger partial charge in [-0.3, -0.25) is 9.88 Å². The van der Waals surface area contributed by atoms with Crippen LogP contribution in [0.3, 0.4) is 0 Å². The van der Waals surface area contributed by atoms with E-state index in [1.54, 1.807) is 57.0 Å². The predicted molar refractivity (Wildman–Crippen MR) is 183 cm³/mol. The third kappa shape index (κ3) is 7.97. The summed E-state index contributed by atoms with van der Waals surface area (Å²) in [6.07, 6.45) is -10.6. The van der Waals surface area contributed by atoms with Gasteiger partial charge in [0, 0.05) is 34.8 Å². The number of pyridine rings is 1. The van der Waals surface area contributed by atoms with Gasteiger partial charge in [0.15, 0.2) is 0 Å². The van der Waals surface area contributed by atoms with E-state index < -0.39 is 65.0 Å². The van der Waals surface area contributed by atoms with Crippen molar-refractivity contribution in [1.82, 2.24) is 19.9 Å². The first-order valence-electron chi connectivity index (χ1n) is 16.9. The monoisotopic (exact) mass is 759 g/mol. The van der Waals surface area contributed by atoms with E-state index in [0.717, 1.165) is 16.0 Å². The minimum absolute atomic E-state index is 0.0104. The van der Waals surface area contributed by atoms with Crippen molar-refractivity contribution >= 4 is 18.0 Å². The molecule has 2 atom stereocenters. The first kappa shape index (κ1) is 38.4. The second-order valence-electron chi connectivity index (χ2n) is 14.4. The van der Waals surface area contributed by atoms with Crippen LogP contribution in [0.15, 0.2) is 54.9 Å². The first-order chi connectivity index (χ1) is 25.1. The van der Waals surface area contributed by atoms with Crippen molar-refractivity contribution in [2.24, 2.45) is 0 Å². The van der Waals surface area contributed by atoms with Crippen molar-refractivity contribution in [3.8, 4) is 22.3 Å². The maximum atomic E-state index is 13.8. The zero-order valence-corrected chi connectivity index (χ0v) is 30.1. The molecular weight excluding hydrogens is 723 g/mol. The van der Waals surface area contributed by atoms with Gasteiger partial charge >= 0.3 is 24.4 Å². The number of aromatic nitrogens is 3. The average Bonchev–Trinajstić information content (AvgIpc) is 3.34. The molecule has 2 fully saturated rings. The molecule has 0 bridgehead atoms. The van der Waals surface area contributed by atoms with Crippen LogP contribution in [-0.2, 0) is 28.4 Å². The van der Waals surface area contributed by atoms with Gasteiger partial charge in [0.2, 0.25) is 5.95 Å². The number of carbonyl (C=O) groups excluding carboxylic acids is 2. The molecule has 2 saturated heterocycles.